The molecule has 0 N–H and O–H groups in total. The van der Waals surface area contributed by atoms with Gasteiger partial charge in [-0.15, -0.1) is 0 Å². The molecule has 0 heterocycles. The van der Waals surface area contributed by atoms with Gasteiger partial charge in [0.25, 0.3) is 0 Å². The average Bonchev–Trinajstić information content (AvgIpc) is 3.46. The first-order chi connectivity index (χ1) is 39.5. The van der Waals surface area contributed by atoms with Crippen LogP contribution in [0.3, 0.4) is 0 Å². The predicted octanol–water partition coefficient (Wildman–Crippen LogP) is 23.4. The van der Waals surface area contributed by atoms with Crippen LogP contribution in [-0.2, 0) is 28.6 Å². The summed E-state index contributed by atoms with van der Waals surface area (Å²) >= 11 is 0. The molecule has 0 rings (SSSR count). The Bertz CT molecular complexity index is 1610. The molecule has 458 valence electrons. The van der Waals surface area contributed by atoms with Gasteiger partial charge >= 0.3 is 17.9 Å². The summed E-state index contributed by atoms with van der Waals surface area (Å²) in [4.78, 5) is 38.0. The highest BCUT2D eigenvalue weighted by Crippen LogP contribution is 2.17. The molecule has 0 fully saturated rings. The van der Waals surface area contributed by atoms with E-state index in [1.807, 2.05) is 0 Å². The molecule has 1 unspecified atom stereocenters. The van der Waals surface area contributed by atoms with Gasteiger partial charge in [0.15, 0.2) is 6.10 Å². The van der Waals surface area contributed by atoms with Crippen LogP contribution >= 0.6 is 0 Å². The van der Waals surface area contributed by atoms with Crippen molar-refractivity contribution < 1.29 is 28.6 Å². The number of rotatable bonds is 61. The lowest BCUT2D eigenvalue weighted by atomic mass is 10.0. The minimum atomic E-state index is -0.783. The highest BCUT2D eigenvalue weighted by molar-refractivity contribution is 5.71. The van der Waals surface area contributed by atoms with Gasteiger partial charge in [0.05, 0.1) is 0 Å². The molecule has 80 heavy (non-hydrogen) atoms. The Balaban J connectivity index is 4.07. The number of esters is 3. The lowest BCUT2D eigenvalue weighted by Crippen LogP contribution is -2.30. The largest absolute Gasteiger partial charge is 0.462 e. The molecule has 0 aliphatic heterocycles. The molecule has 0 amide bonds. The van der Waals surface area contributed by atoms with Crippen molar-refractivity contribution in [1.29, 1.82) is 0 Å². The van der Waals surface area contributed by atoms with E-state index >= 15 is 0 Å². The van der Waals surface area contributed by atoms with E-state index in [0.717, 1.165) is 141 Å². The van der Waals surface area contributed by atoms with Crippen LogP contribution in [0.4, 0.5) is 0 Å². The zero-order valence-corrected chi connectivity index (χ0v) is 52.6. The molecule has 0 aromatic carbocycles. The van der Waals surface area contributed by atoms with Crippen molar-refractivity contribution in [2.45, 2.75) is 329 Å². The normalized spacial score (nSPS) is 12.8. The van der Waals surface area contributed by atoms with E-state index in [2.05, 4.69) is 130 Å². The quantitative estimate of drug-likeness (QED) is 0.0261. The summed E-state index contributed by atoms with van der Waals surface area (Å²) in [5.74, 6) is -0.906. The molecule has 6 heteroatoms. The third-order valence-electron chi connectivity index (χ3n) is 14.5. The maximum atomic E-state index is 12.8. The first-order valence-corrected chi connectivity index (χ1v) is 33.9. The summed E-state index contributed by atoms with van der Waals surface area (Å²) in [6.07, 6.45) is 93.0. The standard InChI is InChI=1S/C74H126O6/c1-4-7-10-13-15-17-19-21-23-25-27-29-31-33-34-35-36-37-38-39-40-41-43-44-46-48-50-52-54-56-58-61-64-67-73(76)79-70-71(69-78-72(75)66-63-60-12-9-6-3)80-74(77)68-65-62-59-57-55-53-51-49-47-45-42-32-30-28-26-24-22-20-18-16-14-11-8-5-2/h7,10,15,17,21,23,27,29,33-34,36-37,39-40,43-44,48,50,71H,4-6,8-9,11-14,16,18-20,22,24-26,28,30-32,35,38,41-42,45-47,49,51-70H2,1-3H3/b10-7-,17-15-,23-21-,29-27-,34-33-,37-36-,40-39-,44-43-,50-48-. The minimum absolute atomic E-state index is 0.0827. The zero-order chi connectivity index (χ0) is 57.8. The number of unbranched alkanes of at least 4 members (excludes halogenated alkanes) is 32. The predicted molar refractivity (Wildman–Crippen MR) is 348 cm³/mol. The van der Waals surface area contributed by atoms with Crippen LogP contribution in [0.5, 0.6) is 0 Å². The molecule has 6 nitrogen and oxygen atoms in total. The van der Waals surface area contributed by atoms with Gasteiger partial charge in [0, 0.05) is 19.3 Å². The Morgan fingerprint density at radius 3 is 0.762 bits per heavy atom. The van der Waals surface area contributed by atoms with E-state index in [0.29, 0.717) is 19.3 Å². The summed E-state index contributed by atoms with van der Waals surface area (Å²) in [5.41, 5.74) is 0. The van der Waals surface area contributed by atoms with Gasteiger partial charge in [-0.05, 0) is 89.9 Å². The van der Waals surface area contributed by atoms with Gasteiger partial charge in [-0.1, -0.05) is 323 Å². The summed E-state index contributed by atoms with van der Waals surface area (Å²) in [6, 6.07) is 0. The number of carbonyl (C=O) groups is 3. The van der Waals surface area contributed by atoms with Gasteiger partial charge in [0.2, 0.25) is 0 Å². The van der Waals surface area contributed by atoms with Crippen molar-refractivity contribution >= 4 is 17.9 Å². The van der Waals surface area contributed by atoms with Gasteiger partial charge < -0.3 is 14.2 Å². The van der Waals surface area contributed by atoms with Crippen molar-refractivity contribution in [3.05, 3.63) is 109 Å². The number of allylic oxidation sites excluding steroid dienone is 18. The fraction of sp³-hybridized carbons (Fsp3) is 0.716. The van der Waals surface area contributed by atoms with Crippen LogP contribution in [0.2, 0.25) is 0 Å². The smallest absolute Gasteiger partial charge is 0.306 e. The third-order valence-corrected chi connectivity index (χ3v) is 14.5. The molecule has 1 atom stereocenters. The second kappa shape index (κ2) is 67.6. The molecule has 0 saturated heterocycles. The maximum Gasteiger partial charge on any atom is 0.306 e. The lowest BCUT2D eigenvalue weighted by molar-refractivity contribution is -0.167. The van der Waals surface area contributed by atoms with Crippen LogP contribution in [0.1, 0.15) is 323 Å². The number of hydrogen-bond donors (Lipinski definition) is 0. The topological polar surface area (TPSA) is 78.9 Å². The molecule has 0 aromatic rings. The zero-order valence-electron chi connectivity index (χ0n) is 52.6. The molecular weight excluding hydrogens is 985 g/mol. The first-order valence-electron chi connectivity index (χ1n) is 33.9. The molecule has 0 aliphatic carbocycles. The minimum Gasteiger partial charge on any atom is -0.462 e. The van der Waals surface area contributed by atoms with E-state index < -0.39 is 6.10 Å². The highest BCUT2D eigenvalue weighted by Gasteiger charge is 2.19. The summed E-state index contributed by atoms with van der Waals surface area (Å²) in [6.45, 7) is 6.46. The monoisotopic (exact) mass is 1110 g/mol. The Labute approximate surface area is 495 Å². The molecule has 0 aromatic heterocycles. The lowest BCUT2D eigenvalue weighted by Gasteiger charge is -2.18. The number of ether oxygens (including phenoxy) is 3. The van der Waals surface area contributed by atoms with Gasteiger partial charge in [0.1, 0.15) is 13.2 Å². The van der Waals surface area contributed by atoms with Gasteiger partial charge in [-0.2, -0.15) is 0 Å². The van der Waals surface area contributed by atoms with Crippen molar-refractivity contribution in [2.75, 3.05) is 13.2 Å². The second-order valence-corrected chi connectivity index (χ2v) is 22.4. The fourth-order valence-electron chi connectivity index (χ4n) is 9.50. The Hall–Kier alpha value is -3.93. The van der Waals surface area contributed by atoms with E-state index in [1.165, 1.54) is 141 Å². The summed E-state index contributed by atoms with van der Waals surface area (Å²) in [5, 5.41) is 0. The van der Waals surface area contributed by atoms with Gasteiger partial charge in [-0.25, -0.2) is 0 Å². The number of carbonyl (C=O) groups excluding carboxylic acids is 3. The first kappa shape index (κ1) is 76.1. The van der Waals surface area contributed by atoms with Crippen LogP contribution in [-0.4, -0.2) is 37.2 Å². The van der Waals surface area contributed by atoms with Crippen LogP contribution < -0.4 is 0 Å². The third kappa shape index (κ3) is 64.9. The van der Waals surface area contributed by atoms with E-state index in [9.17, 15) is 14.4 Å². The average molecular weight is 1110 g/mol. The van der Waals surface area contributed by atoms with Crippen molar-refractivity contribution in [2.24, 2.45) is 0 Å². The second-order valence-electron chi connectivity index (χ2n) is 22.4. The Kier molecular flexibility index (Phi) is 64.3. The van der Waals surface area contributed by atoms with Crippen molar-refractivity contribution in [3.63, 3.8) is 0 Å². The molecular formula is C74H126O6. The van der Waals surface area contributed by atoms with Crippen molar-refractivity contribution in [1.82, 2.24) is 0 Å². The van der Waals surface area contributed by atoms with Crippen molar-refractivity contribution in [3.8, 4) is 0 Å². The summed E-state index contributed by atoms with van der Waals surface area (Å²) < 4.78 is 16.8. The maximum absolute atomic E-state index is 12.8. The van der Waals surface area contributed by atoms with E-state index in [4.69, 9.17) is 14.2 Å². The van der Waals surface area contributed by atoms with E-state index in [1.54, 1.807) is 0 Å². The summed E-state index contributed by atoms with van der Waals surface area (Å²) in [7, 11) is 0. The SMILES string of the molecule is CC/C=C\C/C=C\C/C=C\C/C=C\C/C=C\C/C=C\C/C=C\C/C=C\C/C=C\CCCCCCCC(=O)OCC(COC(=O)CCCCCCC)OC(=O)CCCCCCCCCCCCCCCCCCCCCCCCCC. The molecule has 0 spiro atoms. The fourth-order valence-corrected chi connectivity index (χ4v) is 9.50. The molecule has 0 bridgehead atoms. The van der Waals surface area contributed by atoms with Gasteiger partial charge in [-0.3, -0.25) is 14.4 Å². The highest BCUT2D eigenvalue weighted by atomic mass is 16.6. The molecule has 0 radical (unpaired) electrons. The van der Waals surface area contributed by atoms with E-state index in [-0.39, 0.29) is 31.1 Å². The Morgan fingerprint density at radius 1 is 0.263 bits per heavy atom. The number of hydrogen-bond acceptors (Lipinski definition) is 6. The molecule has 0 aliphatic rings. The van der Waals surface area contributed by atoms with Crippen LogP contribution in [0.25, 0.3) is 0 Å². The Morgan fingerprint density at radius 2 is 0.487 bits per heavy atom. The molecule has 0 saturated carbocycles. The van der Waals surface area contributed by atoms with Crippen LogP contribution in [0, 0.1) is 0 Å². The van der Waals surface area contributed by atoms with Crippen LogP contribution in [0.15, 0.2) is 109 Å².